The number of hydrogen-bond acceptors (Lipinski definition) is 7. The summed E-state index contributed by atoms with van der Waals surface area (Å²) in [6.07, 6.45) is 0. The molecule has 0 aliphatic rings. The normalized spacial score (nSPS) is 10.6. The summed E-state index contributed by atoms with van der Waals surface area (Å²) in [5.41, 5.74) is 0.0254. The fourth-order valence-electron chi connectivity index (χ4n) is 2.72. The minimum Gasteiger partial charge on any atom is -0.479 e. The molecule has 0 bridgehead atoms. The molecule has 0 radical (unpaired) electrons. The van der Waals surface area contributed by atoms with Crippen molar-refractivity contribution in [1.82, 2.24) is 0 Å². The molecule has 11 heteroatoms. The first kappa shape index (κ1) is 22.3. The summed E-state index contributed by atoms with van der Waals surface area (Å²) >= 11 is 0. The van der Waals surface area contributed by atoms with E-state index in [0.717, 1.165) is 6.07 Å². The van der Waals surface area contributed by atoms with Crippen LogP contribution in [0.3, 0.4) is 0 Å². The van der Waals surface area contributed by atoms with Gasteiger partial charge in [0.1, 0.15) is 11.8 Å². The number of nitro benzene ring substituents is 1. The van der Waals surface area contributed by atoms with E-state index in [4.69, 9.17) is 10.00 Å². The Hall–Kier alpha value is -4.43. The number of ether oxygens (including phenoxy) is 1. The minimum absolute atomic E-state index is 0.00612. The largest absolute Gasteiger partial charge is 0.479 e. The molecule has 0 spiro atoms. The van der Waals surface area contributed by atoms with Crippen LogP contribution in [0.25, 0.3) is 0 Å². The number of nitro groups is 1. The molecule has 0 atom stereocenters. The average molecular weight is 452 g/mol. The maximum Gasteiger partial charge on any atom is 0.270 e. The third kappa shape index (κ3) is 5.38. The Balaban J connectivity index is 1.84. The fraction of sp³-hybridized carbons (Fsp3) is 0.0476. The number of nitrogens with zero attached hydrogens (tertiary/aromatic N) is 2. The predicted octanol–water partition coefficient (Wildman–Crippen LogP) is 3.55. The van der Waals surface area contributed by atoms with E-state index in [9.17, 15) is 23.3 Å². The molecule has 1 amide bonds. The molecule has 10 nitrogen and oxygen atoms in total. The van der Waals surface area contributed by atoms with E-state index in [-0.39, 0.29) is 28.4 Å². The van der Waals surface area contributed by atoms with E-state index >= 15 is 0 Å². The molecule has 0 unspecified atom stereocenters. The van der Waals surface area contributed by atoms with Crippen LogP contribution in [0.5, 0.6) is 5.75 Å². The first-order valence-corrected chi connectivity index (χ1v) is 10.6. The zero-order valence-electron chi connectivity index (χ0n) is 16.4. The zero-order valence-corrected chi connectivity index (χ0v) is 17.2. The number of carbonyl (C=O) groups is 1. The second-order valence-corrected chi connectivity index (χ2v) is 8.02. The van der Waals surface area contributed by atoms with Crippen molar-refractivity contribution in [3.63, 3.8) is 0 Å². The van der Waals surface area contributed by atoms with Gasteiger partial charge in [0, 0.05) is 23.9 Å². The molecular formula is C21H16N4O6S. The Labute approximate surface area is 183 Å². The van der Waals surface area contributed by atoms with Crippen molar-refractivity contribution in [3.8, 4) is 11.8 Å². The number of para-hydroxylation sites is 1. The molecule has 32 heavy (non-hydrogen) atoms. The van der Waals surface area contributed by atoms with E-state index in [1.807, 2.05) is 6.07 Å². The van der Waals surface area contributed by atoms with Gasteiger partial charge in [-0.2, -0.15) is 5.26 Å². The molecule has 0 aliphatic heterocycles. The van der Waals surface area contributed by atoms with Gasteiger partial charge < -0.3 is 10.1 Å². The van der Waals surface area contributed by atoms with Gasteiger partial charge in [0.25, 0.3) is 21.6 Å². The van der Waals surface area contributed by atoms with Gasteiger partial charge in [0.05, 0.1) is 21.1 Å². The van der Waals surface area contributed by atoms with Crippen LogP contribution in [0.15, 0.2) is 77.7 Å². The van der Waals surface area contributed by atoms with Crippen molar-refractivity contribution in [2.24, 2.45) is 0 Å². The van der Waals surface area contributed by atoms with Crippen LogP contribution in [0.4, 0.5) is 17.1 Å². The number of rotatable bonds is 8. The molecular weight excluding hydrogens is 436 g/mol. The topological polar surface area (TPSA) is 151 Å². The lowest BCUT2D eigenvalue weighted by atomic mass is 10.1. The molecule has 2 N–H and O–H groups in total. The number of sulfonamides is 1. The van der Waals surface area contributed by atoms with Crippen LogP contribution in [0.1, 0.15) is 10.4 Å². The minimum atomic E-state index is -4.20. The lowest BCUT2D eigenvalue weighted by molar-refractivity contribution is -0.385. The van der Waals surface area contributed by atoms with Crippen LogP contribution >= 0.6 is 0 Å². The summed E-state index contributed by atoms with van der Waals surface area (Å²) in [4.78, 5) is 22.7. The SMILES string of the molecule is N#CCOc1cccc(NC(=O)c2ccccc2NS(=O)(=O)c2cccc([N+](=O)[O-])c2)c1. The molecule has 0 aliphatic carbocycles. The smallest absolute Gasteiger partial charge is 0.270 e. The van der Waals surface area contributed by atoms with Gasteiger partial charge in [-0.15, -0.1) is 0 Å². The van der Waals surface area contributed by atoms with Crippen molar-refractivity contribution in [1.29, 1.82) is 5.26 Å². The first-order chi connectivity index (χ1) is 15.3. The van der Waals surface area contributed by atoms with Crippen LogP contribution in [0, 0.1) is 21.4 Å². The van der Waals surface area contributed by atoms with Crippen molar-refractivity contribution in [3.05, 3.63) is 88.5 Å². The molecule has 0 saturated carbocycles. The molecule has 0 aromatic heterocycles. The summed E-state index contributed by atoms with van der Waals surface area (Å²) in [6.45, 7) is -0.153. The summed E-state index contributed by atoms with van der Waals surface area (Å²) in [7, 11) is -4.20. The summed E-state index contributed by atoms with van der Waals surface area (Å²) in [5.74, 6) is -0.219. The maximum atomic E-state index is 12.8. The number of nitrogens with one attached hydrogen (secondary N) is 2. The first-order valence-electron chi connectivity index (χ1n) is 9.07. The van der Waals surface area contributed by atoms with E-state index in [0.29, 0.717) is 11.4 Å². The maximum absolute atomic E-state index is 12.8. The van der Waals surface area contributed by atoms with E-state index in [1.54, 1.807) is 30.3 Å². The summed E-state index contributed by atoms with van der Waals surface area (Å²) in [6, 6.07) is 18.7. The van der Waals surface area contributed by atoms with Crippen molar-refractivity contribution in [2.75, 3.05) is 16.6 Å². The lowest BCUT2D eigenvalue weighted by Crippen LogP contribution is -2.18. The Kier molecular flexibility index (Phi) is 6.67. The van der Waals surface area contributed by atoms with Crippen molar-refractivity contribution in [2.45, 2.75) is 4.90 Å². The number of carbonyl (C=O) groups excluding carboxylic acids is 1. The Bertz CT molecular complexity index is 1320. The summed E-state index contributed by atoms with van der Waals surface area (Å²) < 4.78 is 33.0. The Morgan fingerprint density at radius 1 is 1.06 bits per heavy atom. The van der Waals surface area contributed by atoms with Crippen LogP contribution in [-0.2, 0) is 10.0 Å². The average Bonchev–Trinajstić information content (AvgIpc) is 2.78. The van der Waals surface area contributed by atoms with Crippen molar-refractivity contribution >= 4 is 33.0 Å². The van der Waals surface area contributed by atoms with E-state index in [1.165, 1.54) is 36.4 Å². The highest BCUT2D eigenvalue weighted by atomic mass is 32.2. The monoisotopic (exact) mass is 452 g/mol. The van der Waals surface area contributed by atoms with Gasteiger partial charge in [-0.05, 0) is 30.3 Å². The van der Waals surface area contributed by atoms with Crippen LogP contribution in [0.2, 0.25) is 0 Å². The highest BCUT2D eigenvalue weighted by molar-refractivity contribution is 7.92. The van der Waals surface area contributed by atoms with Gasteiger partial charge in [-0.25, -0.2) is 8.42 Å². The number of benzene rings is 3. The van der Waals surface area contributed by atoms with E-state index in [2.05, 4.69) is 10.0 Å². The molecule has 0 fully saturated rings. The van der Waals surface area contributed by atoms with Crippen LogP contribution in [-0.4, -0.2) is 25.9 Å². The number of amides is 1. The molecule has 0 saturated heterocycles. The number of nitriles is 1. The van der Waals surface area contributed by atoms with Crippen LogP contribution < -0.4 is 14.8 Å². The molecule has 3 rings (SSSR count). The highest BCUT2D eigenvalue weighted by Gasteiger charge is 2.21. The molecule has 3 aromatic carbocycles. The molecule has 162 valence electrons. The third-order valence-electron chi connectivity index (χ3n) is 4.15. The van der Waals surface area contributed by atoms with E-state index < -0.39 is 20.9 Å². The van der Waals surface area contributed by atoms with Gasteiger partial charge in [0.15, 0.2) is 6.61 Å². The van der Waals surface area contributed by atoms with Gasteiger partial charge >= 0.3 is 0 Å². The predicted molar refractivity (Wildman–Crippen MR) is 116 cm³/mol. The quantitative estimate of drug-likeness (QED) is 0.392. The second-order valence-electron chi connectivity index (χ2n) is 6.33. The van der Waals surface area contributed by atoms with Gasteiger partial charge in [-0.3, -0.25) is 19.6 Å². The number of hydrogen-bond donors (Lipinski definition) is 2. The number of anilines is 2. The van der Waals surface area contributed by atoms with Gasteiger partial charge in [-0.1, -0.05) is 24.3 Å². The van der Waals surface area contributed by atoms with Gasteiger partial charge in [0.2, 0.25) is 0 Å². The second kappa shape index (κ2) is 9.59. The molecule has 3 aromatic rings. The summed E-state index contributed by atoms with van der Waals surface area (Å²) in [5, 5.41) is 22.2. The lowest BCUT2D eigenvalue weighted by Gasteiger charge is -2.13. The molecule has 0 heterocycles. The zero-order chi connectivity index (χ0) is 23.1. The number of non-ortho nitro benzene ring substituents is 1. The Morgan fingerprint density at radius 3 is 2.56 bits per heavy atom. The standard InChI is InChI=1S/C21H16N4O6S/c22-11-12-31-17-7-3-5-15(13-17)23-21(26)19-9-1-2-10-20(19)24-32(29,30)18-8-4-6-16(14-18)25(27)28/h1-10,13-14,24H,12H2,(H,23,26). The third-order valence-corrected chi connectivity index (χ3v) is 5.51. The van der Waals surface area contributed by atoms with Crippen molar-refractivity contribution < 1.29 is 22.9 Å². The Morgan fingerprint density at radius 2 is 1.81 bits per heavy atom. The fourth-order valence-corrected chi connectivity index (χ4v) is 3.83. The highest BCUT2D eigenvalue weighted by Crippen LogP contribution is 2.24.